The summed E-state index contributed by atoms with van der Waals surface area (Å²) in [6.45, 7) is 3.29. The second-order valence-electron chi connectivity index (χ2n) is 3.44. The molecule has 1 rings (SSSR count). The van der Waals surface area contributed by atoms with Gasteiger partial charge in [0.15, 0.2) is 0 Å². The van der Waals surface area contributed by atoms with Crippen LogP contribution in [0.2, 0.25) is 0 Å². The number of rotatable bonds is 4. The topological polar surface area (TPSA) is 64.3 Å². The van der Waals surface area contributed by atoms with Crippen LogP contribution < -0.4 is 0 Å². The quantitative estimate of drug-likeness (QED) is 0.772. The molecular formula is C10H15FN2O3. The highest BCUT2D eigenvalue weighted by molar-refractivity contribution is 5.75. The van der Waals surface area contributed by atoms with Gasteiger partial charge in [0.2, 0.25) is 6.17 Å². The van der Waals surface area contributed by atoms with E-state index in [1.54, 1.807) is 20.9 Å². The first kappa shape index (κ1) is 12.6. The zero-order valence-corrected chi connectivity index (χ0v) is 9.48. The van der Waals surface area contributed by atoms with Gasteiger partial charge >= 0.3 is 5.97 Å². The Bertz CT molecular complexity index is 378. The lowest BCUT2D eigenvalue weighted by Crippen LogP contribution is -2.26. The number of ether oxygens (including phenoxy) is 1. The van der Waals surface area contributed by atoms with Crippen LogP contribution in [-0.2, 0) is 16.6 Å². The maximum absolute atomic E-state index is 13.5. The number of alkyl halides is 1. The molecule has 5 nitrogen and oxygen atoms in total. The number of carbonyl (C=O) groups is 1. The Kier molecular flexibility index (Phi) is 4.00. The van der Waals surface area contributed by atoms with Gasteiger partial charge in [0.1, 0.15) is 6.10 Å². The van der Waals surface area contributed by atoms with Crippen LogP contribution in [0.3, 0.4) is 0 Å². The maximum Gasteiger partial charge on any atom is 0.343 e. The Hall–Kier alpha value is -1.43. The molecule has 0 saturated carbocycles. The van der Waals surface area contributed by atoms with Crippen molar-refractivity contribution in [2.75, 3.05) is 6.61 Å². The summed E-state index contributed by atoms with van der Waals surface area (Å²) in [5.74, 6) is -1.06. The van der Waals surface area contributed by atoms with Gasteiger partial charge < -0.3 is 9.84 Å². The van der Waals surface area contributed by atoms with Crippen LogP contribution in [0.5, 0.6) is 0 Å². The summed E-state index contributed by atoms with van der Waals surface area (Å²) in [6.07, 6.45) is -2.14. The van der Waals surface area contributed by atoms with Crippen LogP contribution in [0.15, 0.2) is 6.20 Å². The molecule has 0 spiro atoms. The third-order valence-electron chi connectivity index (χ3n) is 2.16. The number of aliphatic hydroxyl groups excluding tert-OH is 1. The molecule has 0 aliphatic rings. The molecule has 1 aromatic rings. The van der Waals surface area contributed by atoms with Crippen LogP contribution in [0, 0.1) is 6.92 Å². The fourth-order valence-electron chi connectivity index (χ4n) is 1.42. The van der Waals surface area contributed by atoms with Crippen molar-refractivity contribution in [3.05, 3.63) is 17.5 Å². The number of nitrogens with zero attached hydrogens (tertiary/aromatic N) is 2. The van der Waals surface area contributed by atoms with Crippen molar-refractivity contribution in [3.8, 4) is 0 Å². The normalized spacial score (nSPS) is 14.6. The first-order chi connectivity index (χ1) is 7.47. The monoisotopic (exact) mass is 230 g/mol. The summed E-state index contributed by atoms with van der Waals surface area (Å²) in [6, 6.07) is 0. The molecule has 0 bridgehead atoms. The molecule has 0 radical (unpaired) electrons. The van der Waals surface area contributed by atoms with Crippen LogP contribution in [0.4, 0.5) is 4.39 Å². The average Bonchev–Trinajstić information content (AvgIpc) is 2.56. The van der Waals surface area contributed by atoms with Crippen molar-refractivity contribution in [3.63, 3.8) is 0 Å². The van der Waals surface area contributed by atoms with Gasteiger partial charge in [0, 0.05) is 18.8 Å². The Morgan fingerprint density at radius 1 is 1.75 bits per heavy atom. The third-order valence-corrected chi connectivity index (χ3v) is 2.16. The lowest BCUT2D eigenvalue weighted by atomic mass is 10.1. The summed E-state index contributed by atoms with van der Waals surface area (Å²) in [4.78, 5) is 11.1. The minimum atomic E-state index is -2.08. The van der Waals surface area contributed by atoms with Gasteiger partial charge in [-0.05, 0) is 13.8 Å². The number of halogens is 1. The standard InChI is InChI=1S/C10H15FN2O3/c1-4-16-10(15)8(11)9(14)7-5-13(3)12-6(7)2/h5,8-9,14H,4H2,1-3H3. The van der Waals surface area contributed by atoms with Crippen molar-refractivity contribution in [1.82, 2.24) is 9.78 Å². The van der Waals surface area contributed by atoms with E-state index in [0.29, 0.717) is 11.3 Å². The van der Waals surface area contributed by atoms with Gasteiger partial charge in [-0.1, -0.05) is 0 Å². The molecular weight excluding hydrogens is 215 g/mol. The van der Waals surface area contributed by atoms with Gasteiger partial charge in [-0.2, -0.15) is 5.10 Å². The van der Waals surface area contributed by atoms with Crippen LogP contribution >= 0.6 is 0 Å². The van der Waals surface area contributed by atoms with Crippen molar-refractivity contribution in [1.29, 1.82) is 0 Å². The number of hydrogen-bond donors (Lipinski definition) is 1. The smallest absolute Gasteiger partial charge is 0.343 e. The first-order valence-corrected chi connectivity index (χ1v) is 4.96. The van der Waals surface area contributed by atoms with E-state index in [1.165, 1.54) is 10.9 Å². The molecule has 0 aliphatic heterocycles. The van der Waals surface area contributed by atoms with Crippen molar-refractivity contribution in [2.24, 2.45) is 7.05 Å². The van der Waals surface area contributed by atoms with Crippen molar-refractivity contribution in [2.45, 2.75) is 26.1 Å². The Labute approximate surface area is 92.8 Å². The van der Waals surface area contributed by atoms with Crippen LogP contribution in [0.1, 0.15) is 24.3 Å². The highest BCUT2D eigenvalue weighted by Crippen LogP contribution is 2.22. The van der Waals surface area contributed by atoms with Gasteiger partial charge in [-0.3, -0.25) is 4.68 Å². The van der Waals surface area contributed by atoms with E-state index in [1.807, 2.05) is 0 Å². The van der Waals surface area contributed by atoms with Crippen LogP contribution in [0.25, 0.3) is 0 Å². The number of esters is 1. The molecule has 0 amide bonds. The van der Waals surface area contributed by atoms with E-state index >= 15 is 0 Å². The fourth-order valence-corrected chi connectivity index (χ4v) is 1.42. The molecule has 1 heterocycles. The molecule has 0 aromatic carbocycles. The van der Waals surface area contributed by atoms with Crippen molar-refractivity contribution >= 4 is 5.97 Å². The van der Waals surface area contributed by atoms with Gasteiger partial charge in [-0.25, -0.2) is 9.18 Å². The average molecular weight is 230 g/mol. The van der Waals surface area contributed by atoms with E-state index < -0.39 is 18.2 Å². The Morgan fingerprint density at radius 2 is 2.38 bits per heavy atom. The molecule has 0 saturated heterocycles. The molecule has 1 aromatic heterocycles. The fraction of sp³-hybridized carbons (Fsp3) is 0.600. The summed E-state index contributed by atoms with van der Waals surface area (Å²) in [5, 5.41) is 13.6. The number of hydrogen-bond acceptors (Lipinski definition) is 4. The molecule has 6 heteroatoms. The number of aliphatic hydroxyl groups is 1. The zero-order valence-electron chi connectivity index (χ0n) is 9.48. The molecule has 2 unspecified atom stereocenters. The Morgan fingerprint density at radius 3 is 2.81 bits per heavy atom. The first-order valence-electron chi connectivity index (χ1n) is 4.96. The van der Waals surface area contributed by atoms with Gasteiger partial charge in [0.25, 0.3) is 0 Å². The molecule has 0 aliphatic carbocycles. The summed E-state index contributed by atoms with van der Waals surface area (Å²) < 4.78 is 19.4. The van der Waals surface area contributed by atoms with E-state index in [9.17, 15) is 14.3 Å². The van der Waals surface area contributed by atoms with E-state index in [4.69, 9.17) is 0 Å². The molecule has 2 atom stereocenters. The number of carbonyl (C=O) groups excluding carboxylic acids is 1. The van der Waals surface area contributed by atoms with Gasteiger partial charge in [-0.15, -0.1) is 0 Å². The summed E-state index contributed by atoms with van der Waals surface area (Å²) >= 11 is 0. The number of aryl methyl sites for hydroxylation is 2. The summed E-state index contributed by atoms with van der Waals surface area (Å²) in [7, 11) is 1.65. The summed E-state index contributed by atoms with van der Waals surface area (Å²) in [5.41, 5.74) is 0.782. The SMILES string of the molecule is CCOC(=O)C(F)C(O)c1cn(C)nc1C. The van der Waals surface area contributed by atoms with Gasteiger partial charge in [0.05, 0.1) is 12.3 Å². The van der Waals surface area contributed by atoms with Crippen molar-refractivity contribution < 1.29 is 19.0 Å². The second-order valence-corrected chi connectivity index (χ2v) is 3.44. The largest absolute Gasteiger partial charge is 0.464 e. The predicted molar refractivity (Wildman–Crippen MR) is 54.4 cm³/mol. The Balaban J connectivity index is 2.81. The number of aromatic nitrogens is 2. The van der Waals surface area contributed by atoms with E-state index in [-0.39, 0.29) is 6.61 Å². The highest BCUT2D eigenvalue weighted by Gasteiger charge is 2.31. The molecule has 0 fully saturated rings. The lowest BCUT2D eigenvalue weighted by Gasteiger charge is -2.13. The third kappa shape index (κ3) is 2.57. The molecule has 16 heavy (non-hydrogen) atoms. The molecule has 90 valence electrons. The second kappa shape index (κ2) is 5.07. The zero-order chi connectivity index (χ0) is 12.3. The maximum atomic E-state index is 13.5. The minimum absolute atomic E-state index is 0.0813. The lowest BCUT2D eigenvalue weighted by molar-refractivity contribution is -0.153. The van der Waals surface area contributed by atoms with Crippen LogP contribution in [-0.4, -0.2) is 33.6 Å². The minimum Gasteiger partial charge on any atom is -0.464 e. The molecule has 1 N–H and O–H groups in total. The van der Waals surface area contributed by atoms with E-state index in [0.717, 1.165) is 0 Å². The van der Waals surface area contributed by atoms with E-state index in [2.05, 4.69) is 9.84 Å². The predicted octanol–water partition coefficient (Wildman–Crippen LogP) is 0.663. The highest BCUT2D eigenvalue weighted by atomic mass is 19.1.